The lowest BCUT2D eigenvalue weighted by Crippen LogP contribution is -2.28. The molecule has 2 N–H and O–H groups in total. The van der Waals surface area contributed by atoms with Crippen molar-refractivity contribution in [2.24, 2.45) is 5.73 Å². The molecule has 1 aromatic heterocycles. The van der Waals surface area contributed by atoms with Crippen LogP contribution in [0.5, 0.6) is 0 Å². The Kier molecular flexibility index (Phi) is 2.72. The fourth-order valence-electron chi connectivity index (χ4n) is 3.02. The van der Waals surface area contributed by atoms with Crippen LogP contribution in [0.4, 0.5) is 0 Å². The standard InChI is InChI=1S/C13H21N3/c14-11-4-6-12(7-5-11)16-9-15-8-13(16)10-2-1-3-10/h8-12H,1-7,14H2. The van der Waals surface area contributed by atoms with E-state index in [1.807, 2.05) is 6.33 Å². The number of hydrogen-bond donors (Lipinski definition) is 1. The molecule has 0 spiro atoms. The van der Waals surface area contributed by atoms with Crippen molar-refractivity contribution in [1.82, 2.24) is 9.55 Å². The molecule has 0 atom stereocenters. The van der Waals surface area contributed by atoms with E-state index in [1.165, 1.54) is 50.6 Å². The first kappa shape index (κ1) is 10.3. The van der Waals surface area contributed by atoms with Gasteiger partial charge in [0.1, 0.15) is 0 Å². The second kappa shape index (κ2) is 4.21. The van der Waals surface area contributed by atoms with Crippen molar-refractivity contribution in [3.8, 4) is 0 Å². The molecule has 0 aromatic carbocycles. The smallest absolute Gasteiger partial charge is 0.0950 e. The summed E-state index contributed by atoms with van der Waals surface area (Å²) in [5, 5.41) is 0. The molecule has 2 saturated carbocycles. The number of nitrogens with zero attached hydrogens (tertiary/aromatic N) is 2. The SMILES string of the molecule is NC1CCC(n2cncc2C2CCC2)CC1. The Balaban J connectivity index is 1.75. The zero-order valence-corrected chi connectivity index (χ0v) is 9.81. The van der Waals surface area contributed by atoms with Gasteiger partial charge in [0.15, 0.2) is 0 Å². The molecule has 2 aliphatic carbocycles. The minimum atomic E-state index is 0.437. The van der Waals surface area contributed by atoms with Crippen molar-refractivity contribution in [1.29, 1.82) is 0 Å². The van der Waals surface area contributed by atoms with Gasteiger partial charge in [0.2, 0.25) is 0 Å². The zero-order valence-electron chi connectivity index (χ0n) is 9.81. The predicted octanol–water partition coefficient (Wildman–Crippen LogP) is 2.59. The van der Waals surface area contributed by atoms with Crippen LogP contribution in [0.2, 0.25) is 0 Å². The molecule has 0 unspecified atom stereocenters. The molecule has 0 bridgehead atoms. The van der Waals surface area contributed by atoms with Crippen LogP contribution in [0.1, 0.15) is 62.6 Å². The molecule has 0 saturated heterocycles. The van der Waals surface area contributed by atoms with E-state index in [-0.39, 0.29) is 0 Å². The van der Waals surface area contributed by atoms with Crippen LogP contribution in [-0.4, -0.2) is 15.6 Å². The summed E-state index contributed by atoms with van der Waals surface area (Å²) in [5.41, 5.74) is 7.44. The van der Waals surface area contributed by atoms with Crippen molar-refractivity contribution in [3.05, 3.63) is 18.2 Å². The zero-order chi connectivity index (χ0) is 11.0. The molecule has 0 radical (unpaired) electrons. The van der Waals surface area contributed by atoms with Gasteiger partial charge in [-0.05, 0) is 38.5 Å². The molecular formula is C13H21N3. The van der Waals surface area contributed by atoms with Gasteiger partial charge < -0.3 is 10.3 Å². The van der Waals surface area contributed by atoms with Crippen molar-refractivity contribution >= 4 is 0 Å². The van der Waals surface area contributed by atoms with E-state index >= 15 is 0 Å². The lowest BCUT2D eigenvalue weighted by Gasteiger charge is -2.32. The summed E-state index contributed by atoms with van der Waals surface area (Å²) in [6.45, 7) is 0. The first-order valence-electron chi connectivity index (χ1n) is 6.62. The summed E-state index contributed by atoms with van der Waals surface area (Å²) in [7, 11) is 0. The molecular weight excluding hydrogens is 198 g/mol. The second-order valence-electron chi connectivity index (χ2n) is 5.42. The quantitative estimate of drug-likeness (QED) is 0.831. The lowest BCUT2D eigenvalue weighted by molar-refractivity contribution is 0.302. The molecule has 0 amide bonds. The van der Waals surface area contributed by atoms with Gasteiger partial charge in [0.25, 0.3) is 0 Å². The van der Waals surface area contributed by atoms with E-state index in [0.717, 1.165) is 5.92 Å². The fraction of sp³-hybridized carbons (Fsp3) is 0.769. The van der Waals surface area contributed by atoms with E-state index in [4.69, 9.17) is 5.73 Å². The van der Waals surface area contributed by atoms with Crippen LogP contribution in [0.25, 0.3) is 0 Å². The molecule has 3 rings (SSSR count). The van der Waals surface area contributed by atoms with Crippen LogP contribution < -0.4 is 5.73 Å². The minimum Gasteiger partial charge on any atom is -0.331 e. The maximum Gasteiger partial charge on any atom is 0.0950 e. The molecule has 1 aromatic rings. The monoisotopic (exact) mass is 219 g/mol. The van der Waals surface area contributed by atoms with Crippen LogP contribution >= 0.6 is 0 Å². The van der Waals surface area contributed by atoms with Gasteiger partial charge in [-0.3, -0.25) is 0 Å². The van der Waals surface area contributed by atoms with E-state index in [0.29, 0.717) is 12.1 Å². The molecule has 3 heteroatoms. The lowest BCUT2D eigenvalue weighted by atomic mass is 9.82. The first-order chi connectivity index (χ1) is 7.84. The first-order valence-corrected chi connectivity index (χ1v) is 6.62. The summed E-state index contributed by atoms with van der Waals surface area (Å²) in [4.78, 5) is 4.35. The fourth-order valence-corrected chi connectivity index (χ4v) is 3.02. The van der Waals surface area contributed by atoms with Crippen LogP contribution in [-0.2, 0) is 0 Å². The number of rotatable bonds is 2. The highest BCUT2D eigenvalue weighted by Gasteiger charge is 2.27. The molecule has 3 nitrogen and oxygen atoms in total. The second-order valence-corrected chi connectivity index (χ2v) is 5.42. The van der Waals surface area contributed by atoms with Crippen molar-refractivity contribution in [2.75, 3.05) is 0 Å². The summed E-state index contributed by atoms with van der Waals surface area (Å²) in [5.74, 6) is 0.790. The summed E-state index contributed by atoms with van der Waals surface area (Å²) < 4.78 is 2.44. The number of imidazole rings is 1. The van der Waals surface area contributed by atoms with E-state index in [9.17, 15) is 0 Å². The Hall–Kier alpha value is -0.830. The third-order valence-corrected chi connectivity index (χ3v) is 4.35. The normalized spacial score (nSPS) is 31.3. The summed E-state index contributed by atoms with van der Waals surface area (Å²) >= 11 is 0. The van der Waals surface area contributed by atoms with Gasteiger partial charge >= 0.3 is 0 Å². The summed E-state index contributed by atoms with van der Waals surface area (Å²) in [6, 6.07) is 1.10. The van der Waals surface area contributed by atoms with Gasteiger partial charge in [-0.1, -0.05) is 6.42 Å². The molecule has 0 aliphatic heterocycles. The maximum atomic E-state index is 5.96. The number of nitrogens with two attached hydrogens (primary N) is 1. The van der Waals surface area contributed by atoms with Crippen LogP contribution in [0, 0.1) is 0 Å². The molecule has 16 heavy (non-hydrogen) atoms. The summed E-state index contributed by atoms with van der Waals surface area (Å²) in [6.07, 6.45) is 13.0. The molecule has 2 aliphatic rings. The molecule has 2 fully saturated rings. The minimum absolute atomic E-state index is 0.437. The topological polar surface area (TPSA) is 43.8 Å². The highest BCUT2D eigenvalue weighted by atomic mass is 15.1. The Labute approximate surface area is 97.0 Å². The largest absolute Gasteiger partial charge is 0.331 e. The van der Waals surface area contributed by atoms with Crippen molar-refractivity contribution < 1.29 is 0 Å². The van der Waals surface area contributed by atoms with Gasteiger partial charge in [-0.15, -0.1) is 0 Å². The van der Waals surface area contributed by atoms with E-state index < -0.39 is 0 Å². The van der Waals surface area contributed by atoms with Gasteiger partial charge in [-0.25, -0.2) is 4.98 Å². The Morgan fingerprint density at radius 2 is 1.88 bits per heavy atom. The Morgan fingerprint density at radius 3 is 2.50 bits per heavy atom. The Morgan fingerprint density at radius 1 is 1.12 bits per heavy atom. The maximum absolute atomic E-state index is 5.96. The number of aromatic nitrogens is 2. The third kappa shape index (κ3) is 1.77. The van der Waals surface area contributed by atoms with Crippen LogP contribution in [0.3, 0.4) is 0 Å². The van der Waals surface area contributed by atoms with Crippen molar-refractivity contribution in [2.45, 2.75) is 62.9 Å². The van der Waals surface area contributed by atoms with Crippen molar-refractivity contribution in [3.63, 3.8) is 0 Å². The highest BCUT2D eigenvalue weighted by Crippen LogP contribution is 2.39. The van der Waals surface area contributed by atoms with Gasteiger partial charge in [-0.2, -0.15) is 0 Å². The predicted molar refractivity (Wildman–Crippen MR) is 64.3 cm³/mol. The highest BCUT2D eigenvalue weighted by molar-refractivity contribution is 5.11. The average molecular weight is 219 g/mol. The average Bonchev–Trinajstić information content (AvgIpc) is 2.65. The number of hydrogen-bond acceptors (Lipinski definition) is 2. The molecule has 1 heterocycles. The Bertz CT molecular complexity index is 346. The third-order valence-electron chi connectivity index (χ3n) is 4.35. The molecule has 88 valence electrons. The van der Waals surface area contributed by atoms with Gasteiger partial charge in [0, 0.05) is 29.9 Å². The van der Waals surface area contributed by atoms with E-state index in [1.54, 1.807) is 0 Å². The van der Waals surface area contributed by atoms with Gasteiger partial charge in [0.05, 0.1) is 6.33 Å². The van der Waals surface area contributed by atoms with E-state index in [2.05, 4.69) is 15.7 Å². The van der Waals surface area contributed by atoms with Crippen LogP contribution in [0.15, 0.2) is 12.5 Å².